The van der Waals surface area contributed by atoms with E-state index >= 15 is 0 Å². The maximum Gasteiger partial charge on any atom is 0.134 e. The van der Waals surface area contributed by atoms with Gasteiger partial charge in [0, 0.05) is 12.6 Å². The zero-order valence-corrected chi connectivity index (χ0v) is 16.0. The molecular formula is C21H26BrNO. The quantitative estimate of drug-likeness (QED) is 0.653. The molecule has 2 aromatic rings. The van der Waals surface area contributed by atoms with Gasteiger partial charge in [-0.2, -0.15) is 0 Å². The van der Waals surface area contributed by atoms with Crippen molar-refractivity contribution in [3.63, 3.8) is 0 Å². The van der Waals surface area contributed by atoms with Gasteiger partial charge in [0.05, 0.1) is 4.47 Å². The van der Waals surface area contributed by atoms with Crippen LogP contribution in [0.4, 0.5) is 0 Å². The summed E-state index contributed by atoms with van der Waals surface area (Å²) in [7, 11) is 0. The average molecular weight is 388 g/mol. The van der Waals surface area contributed by atoms with Crippen LogP contribution < -0.4 is 4.74 Å². The molecule has 1 unspecified atom stereocenters. The highest BCUT2D eigenvalue weighted by Gasteiger charge is 2.17. The van der Waals surface area contributed by atoms with Gasteiger partial charge >= 0.3 is 0 Å². The number of halogens is 1. The molecule has 0 aliphatic carbocycles. The summed E-state index contributed by atoms with van der Waals surface area (Å²) in [5, 5.41) is 0. The molecule has 0 saturated carbocycles. The van der Waals surface area contributed by atoms with E-state index in [4.69, 9.17) is 4.74 Å². The van der Waals surface area contributed by atoms with Crippen molar-refractivity contribution in [1.29, 1.82) is 0 Å². The maximum absolute atomic E-state index is 5.93. The fourth-order valence-corrected chi connectivity index (χ4v) is 3.86. The SMILES string of the molecule is CC1CCCCN1CCc1ccc(OCc2ccccc2)c(Br)c1. The summed E-state index contributed by atoms with van der Waals surface area (Å²) in [6.45, 7) is 5.36. The summed E-state index contributed by atoms with van der Waals surface area (Å²) in [6, 6.07) is 17.5. The van der Waals surface area contributed by atoms with E-state index in [1.165, 1.54) is 36.9 Å². The Hall–Kier alpha value is -1.32. The Labute approximate surface area is 154 Å². The molecule has 1 atom stereocenters. The summed E-state index contributed by atoms with van der Waals surface area (Å²) in [5.41, 5.74) is 2.55. The lowest BCUT2D eigenvalue weighted by Crippen LogP contribution is -2.38. The summed E-state index contributed by atoms with van der Waals surface area (Å²) in [5.74, 6) is 0.911. The van der Waals surface area contributed by atoms with Gasteiger partial charge < -0.3 is 9.64 Å². The van der Waals surface area contributed by atoms with Crippen molar-refractivity contribution in [3.05, 3.63) is 64.1 Å². The first kappa shape index (κ1) is 17.5. The van der Waals surface area contributed by atoms with Crippen LogP contribution in [0.3, 0.4) is 0 Å². The van der Waals surface area contributed by atoms with Crippen LogP contribution in [0.25, 0.3) is 0 Å². The number of ether oxygens (including phenoxy) is 1. The molecule has 0 N–H and O–H groups in total. The lowest BCUT2D eigenvalue weighted by molar-refractivity contribution is 0.163. The highest BCUT2D eigenvalue weighted by Crippen LogP contribution is 2.27. The van der Waals surface area contributed by atoms with Crippen LogP contribution in [0.15, 0.2) is 53.0 Å². The monoisotopic (exact) mass is 387 g/mol. The largest absolute Gasteiger partial charge is 0.488 e. The maximum atomic E-state index is 5.93. The zero-order chi connectivity index (χ0) is 16.8. The Bertz CT molecular complexity index is 644. The van der Waals surface area contributed by atoms with Gasteiger partial charge in [-0.1, -0.05) is 42.8 Å². The van der Waals surface area contributed by atoms with Crippen molar-refractivity contribution in [2.45, 2.75) is 45.3 Å². The molecular weight excluding hydrogens is 362 g/mol. The summed E-state index contributed by atoms with van der Waals surface area (Å²) in [6.07, 6.45) is 5.18. The van der Waals surface area contributed by atoms with E-state index in [2.05, 4.69) is 58.1 Å². The highest BCUT2D eigenvalue weighted by molar-refractivity contribution is 9.10. The number of likely N-dealkylation sites (tertiary alicyclic amines) is 1. The number of piperidine rings is 1. The molecule has 1 heterocycles. The van der Waals surface area contributed by atoms with Gasteiger partial charge in [-0.15, -0.1) is 0 Å². The van der Waals surface area contributed by atoms with Gasteiger partial charge in [0.25, 0.3) is 0 Å². The van der Waals surface area contributed by atoms with E-state index in [9.17, 15) is 0 Å². The van der Waals surface area contributed by atoms with E-state index in [-0.39, 0.29) is 0 Å². The number of hydrogen-bond donors (Lipinski definition) is 0. The molecule has 1 aliphatic rings. The van der Waals surface area contributed by atoms with Crippen molar-refractivity contribution in [2.75, 3.05) is 13.1 Å². The average Bonchev–Trinajstić information content (AvgIpc) is 2.61. The predicted octanol–water partition coefficient (Wildman–Crippen LogP) is 5.45. The second-order valence-electron chi connectivity index (χ2n) is 6.67. The van der Waals surface area contributed by atoms with Gasteiger partial charge in [0.1, 0.15) is 12.4 Å². The topological polar surface area (TPSA) is 12.5 Å². The molecule has 1 aliphatic heterocycles. The summed E-state index contributed by atoms with van der Waals surface area (Å²) < 4.78 is 6.98. The van der Waals surface area contributed by atoms with E-state index in [0.29, 0.717) is 6.61 Å². The van der Waals surface area contributed by atoms with Gasteiger partial charge in [0.2, 0.25) is 0 Å². The second kappa shape index (κ2) is 8.68. The van der Waals surface area contributed by atoms with Gasteiger partial charge in [-0.25, -0.2) is 0 Å². The smallest absolute Gasteiger partial charge is 0.134 e. The first-order valence-corrected chi connectivity index (χ1v) is 9.71. The highest BCUT2D eigenvalue weighted by atomic mass is 79.9. The molecule has 2 aromatic carbocycles. The minimum absolute atomic E-state index is 0.601. The second-order valence-corrected chi connectivity index (χ2v) is 7.52. The molecule has 0 amide bonds. The molecule has 0 bridgehead atoms. The standard InChI is InChI=1S/C21H26BrNO/c1-17-7-5-6-13-23(17)14-12-18-10-11-21(20(22)15-18)24-16-19-8-3-2-4-9-19/h2-4,8-11,15,17H,5-7,12-14,16H2,1H3. The fraction of sp³-hybridized carbons (Fsp3) is 0.429. The van der Waals surface area contributed by atoms with Crippen LogP contribution >= 0.6 is 15.9 Å². The Balaban J connectivity index is 1.54. The molecule has 1 fully saturated rings. The van der Waals surface area contributed by atoms with E-state index in [1.807, 2.05) is 18.2 Å². The van der Waals surface area contributed by atoms with Crippen LogP contribution in [-0.2, 0) is 13.0 Å². The lowest BCUT2D eigenvalue weighted by Gasteiger charge is -2.33. The minimum Gasteiger partial charge on any atom is -0.488 e. The first-order valence-electron chi connectivity index (χ1n) is 8.91. The van der Waals surface area contributed by atoms with Crippen molar-refractivity contribution in [3.8, 4) is 5.75 Å². The van der Waals surface area contributed by atoms with E-state index < -0.39 is 0 Å². The molecule has 24 heavy (non-hydrogen) atoms. The van der Waals surface area contributed by atoms with Gasteiger partial charge in [-0.3, -0.25) is 0 Å². The normalized spacial score (nSPS) is 18.5. The third kappa shape index (κ3) is 4.84. The predicted molar refractivity (Wildman–Crippen MR) is 104 cm³/mol. The summed E-state index contributed by atoms with van der Waals surface area (Å²) >= 11 is 3.66. The number of nitrogens with zero attached hydrogens (tertiary/aromatic N) is 1. The van der Waals surface area contributed by atoms with Crippen LogP contribution in [0.1, 0.15) is 37.3 Å². The third-order valence-electron chi connectivity index (χ3n) is 4.86. The van der Waals surface area contributed by atoms with E-state index in [1.54, 1.807) is 0 Å². The van der Waals surface area contributed by atoms with E-state index in [0.717, 1.165) is 29.2 Å². The lowest BCUT2D eigenvalue weighted by atomic mass is 10.0. The molecule has 2 nitrogen and oxygen atoms in total. The van der Waals surface area contributed by atoms with Gasteiger partial charge in [-0.05, 0) is 71.9 Å². The molecule has 3 rings (SSSR count). The van der Waals surface area contributed by atoms with Crippen molar-refractivity contribution in [2.24, 2.45) is 0 Å². The van der Waals surface area contributed by atoms with Crippen molar-refractivity contribution >= 4 is 15.9 Å². The van der Waals surface area contributed by atoms with Crippen LogP contribution in [0.5, 0.6) is 5.75 Å². The molecule has 3 heteroatoms. The summed E-state index contributed by atoms with van der Waals surface area (Å²) in [4.78, 5) is 2.62. The third-order valence-corrected chi connectivity index (χ3v) is 5.48. The Morgan fingerprint density at radius 2 is 1.92 bits per heavy atom. The Kier molecular flexibility index (Phi) is 6.33. The number of benzene rings is 2. The fourth-order valence-electron chi connectivity index (χ4n) is 3.31. The van der Waals surface area contributed by atoms with Crippen molar-refractivity contribution < 1.29 is 4.74 Å². The van der Waals surface area contributed by atoms with Crippen LogP contribution in [-0.4, -0.2) is 24.0 Å². The first-order chi connectivity index (χ1) is 11.7. The van der Waals surface area contributed by atoms with Crippen molar-refractivity contribution in [1.82, 2.24) is 4.90 Å². The molecule has 0 radical (unpaired) electrons. The van der Waals surface area contributed by atoms with Crippen LogP contribution in [0.2, 0.25) is 0 Å². The molecule has 1 saturated heterocycles. The molecule has 0 spiro atoms. The Morgan fingerprint density at radius 3 is 2.67 bits per heavy atom. The van der Waals surface area contributed by atoms with Crippen LogP contribution in [0, 0.1) is 0 Å². The number of rotatable bonds is 6. The Morgan fingerprint density at radius 1 is 1.08 bits per heavy atom. The van der Waals surface area contributed by atoms with Gasteiger partial charge in [0.15, 0.2) is 0 Å². The molecule has 128 valence electrons. The minimum atomic E-state index is 0.601. The molecule has 0 aromatic heterocycles. The number of hydrogen-bond acceptors (Lipinski definition) is 2. The zero-order valence-electron chi connectivity index (χ0n) is 14.4.